The molecule has 0 aliphatic heterocycles. The summed E-state index contributed by atoms with van der Waals surface area (Å²) in [7, 11) is 0. The van der Waals surface area contributed by atoms with Gasteiger partial charge < -0.3 is 9.84 Å². The highest BCUT2D eigenvalue weighted by Crippen LogP contribution is 2.29. The molecule has 0 aliphatic carbocycles. The molecule has 3 aromatic rings. The minimum Gasteiger partial charge on any atom is -0.507 e. The number of hydrogen-bond donors (Lipinski definition) is 1. The number of ether oxygens (including phenoxy) is 1. The second kappa shape index (κ2) is 8.75. The number of benzene rings is 2. The molecule has 3 nitrogen and oxygen atoms in total. The first kappa shape index (κ1) is 18.4. The molecule has 1 aromatic heterocycles. The Morgan fingerprint density at radius 3 is 2.12 bits per heavy atom. The van der Waals surface area contributed by atoms with Crippen LogP contribution in [0.5, 0.6) is 17.4 Å². The van der Waals surface area contributed by atoms with Crippen LogP contribution in [0.4, 0.5) is 8.78 Å². The Bertz CT molecular complexity index is 817. The summed E-state index contributed by atoms with van der Waals surface area (Å²) in [5.41, 5.74) is 0. The first-order valence-corrected chi connectivity index (χ1v) is 8.22. The van der Waals surface area contributed by atoms with Crippen molar-refractivity contribution in [2.45, 2.75) is 0 Å². The fraction of sp³-hybridized carbons (Fsp3) is 0. The van der Waals surface area contributed by atoms with Crippen molar-refractivity contribution < 1.29 is 18.6 Å². The third kappa shape index (κ3) is 5.58. The van der Waals surface area contributed by atoms with Crippen LogP contribution in [0.1, 0.15) is 0 Å². The monoisotopic (exact) mass is 457 g/mol. The molecule has 1 N–H and O–H groups in total. The van der Waals surface area contributed by atoms with Gasteiger partial charge in [0.1, 0.15) is 23.1 Å². The molecule has 7 heteroatoms. The van der Waals surface area contributed by atoms with Crippen LogP contribution >= 0.6 is 31.9 Å². The number of rotatable bonds is 2. The lowest BCUT2D eigenvalue weighted by atomic mass is 10.3. The molecule has 124 valence electrons. The Morgan fingerprint density at radius 2 is 1.54 bits per heavy atom. The number of nitrogens with zero attached hydrogens (tertiary/aromatic N) is 1. The summed E-state index contributed by atoms with van der Waals surface area (Å²) in [5, 5.41) is 8.81. The molecule has 3 rings (SSSR count). The van der Waals surface area contributed by atoms with Crippen LogP contribution in [0.2, 0.25) is 0 Å². The van der Waals surface area contributed by atoms with Crippen LogP contribution in [0.3, 0.4) is 0 Å². The summed E-state index contributed by atoms with van der Waals surface area (Å²) in [4.78, 5) is 3.98. The maximum absolute atomic E-state index is 12.9. The molecule has 1 heterocycles. The van der Waals surface area contributed by atoms with Crippen LogP contribution in [-0.2, 0) is 0 Å². The average molecular weight is 459 g/mol. The largest absolute Gasteiger partial charge is 0.507 e. The van der Waals surface area contributed by atoms with Crippen molar-refractivity contribution in [2.24, 2.45) is 0 Å². The van der Waals surface area contributed by atoms with E-state index in [1.807, 2.05) is 0 Å². The Kier molecular flexibility index (Phi) is 6.69. The van der Waals surface area contributed by atoms with E-state index in [1.165, 1.54) is 24.3 Å². The van der Waals surface area contributed by atoms with Crippen molar-refractivity contribution >= 4 is 31.9 Å². The molecule has 0 amide bonds. The minimum absolute atomic E-state index is 0.0741. The van der Waals surface area contributed by atoms with E-state index in [4.69, 9.17) is 9.84 Å². The highest BCUT2D eigenvalue weighted by atomic mass is 79.9. The van der Waals surface area contributed by atoms with E-state index in [-0.39, 0.29) is 11.6 Å². The number of halogens is 4. The molecule has 2 aromatic carbocycles. The number of aromatic hydroxyl groups is 1. The van der Waals surface area contributed by atoms with E-state index in [0.717, 1.165) is 6.07 Å². The molecule has 0 fully saturated rings. The zero-order chi connectivity index (χ0) is 17.5. The number of phenols is 1. The van der Waals surface area contributed by atoms with Gasteiger partial charge in [-0.25, -0.2) is 13.8 Å². The van der Waals surface area contributed by atoms with E-state index in [1.54, 1.807) is 30.5 Å². The average Bonchev–Trinajstić information content (AvgIpc) is 2.56. The fourth-order valence-corrected chi connectivity index (χ4v) is 2.14. The van der Waals surface area contributed by atoms with E-state index in [0.29, 0.717) is 20.6 Å². The Hall–Kier alpha value is -1.99. The maximum Gasteiger partial charge on any atom is 0.219 e. The van der Waals surface area contributed by atoms with E-state index in [2.05, 4.69) is 36.8 Å². The van der Waals surface area contributed by atoms with Gasteiger partial charge in [0, 0.05) is 24.4 Å². The lowest BCUT2D eigenvalue weighted by molar-refractivity contribution is 0.455. The van der Waals surface area contributed by atoms with Gasteiger partial charge in [-0.05, 0) is 62.2 Å². The summed E-state index contributed by atoms with van der Waals surface area (Å²) in [6.45, 7) is 0. The van der Waals surface area contributed by atoms with Crippen LogP contribution in [0.15, 0.2) is 69.7 Å². The number of pyridine rings is 1. The summed E-state index contributed by atoms with van der Waals surface area (Å²) >= 11 is 6.28. The summed E-state index contributed by atoms with van der Waals surface area (Å²) in [6.07, 6.45) is 1.61. The quantitative estimate of drug-likeness (QED) is 0.506. The zero-order valence-electron chi connectivity index (χ0n) is 12.1. The highest BCUT2D eigenvalue weighted by Gasteiger charge is 2.04. The summed E-state index contributed by atoms with van der Waals surface area (Å²) < 4.78 is 31.7. The van der Waals surface area contributed by atoms with Crippen molar-refractivity contribution in [3.63, 3.8) is 0 Å². The predicted molar refractivity (Wildman–Crippen MR) is 94.2 cm³/mol. The molecule has 0 saturated heterocycles. The lowest BCUT2D eigenvalue weighted by Gasteiger charge is -2.05. The molecule has 0 radical (unpaired) electrons. The van der Waals surface area contributed by atoms with Gasteiger partial charge in [-0.15, -0.1) is 0 Å². The van der Waals surface area contributed by atoms with Gasteiger partial charge in [0.05, 0.1) is 8.95 Å². The third-order valence-electron chi connectivity index (χ3n) is 2.65. The molecular formula is C17H11Br2F2NO2. The molecular weight excluding hydrogens is 448 g/mol. The topological polar surface area (TPSA) is 42.4 Å². The van der Waals surface area contributed by atoms with Crippen LogP contribution in [0.25, 0.3) is 0 Å². The van der Waals surface area contributed by atoms with Gasteiger partial charge in [-0.2, -0.15) is 0 Å². The number of aromatic nitrogens is 1. The van der Waals surface area contributed by atoms with Gasteiger partial charge in [0.25, 0.3) is 0 Å². The minimum atomic E-state index is -0.435. The van der Waals surface area contributed by atoms with E-state index >= 15 is 0 Å². The van der Waals surface area contributed by atoms with Crippen LogP contribution in [0, 0.1) is 11.6 Å². The molecule has 0 atom stereocenters. The maximum atomic E-state index is 12.9. The Balaban J connectivity index is 0.000000198. The fourth-order valence-electron chi connectivity index (χ4n) is 1.56. The normalized spacial score (nSPS) is 9.83. The zero-order valence-corrected chi connectivity index (χ0v) is 15.3. The van der Waals surface area contributed by atoms with Gasteiger partial charge in [0.15, 0.2) is 0 Å². The third-order valence-corrected chi connectivity index (χ3v) is 3.98. The van der Waals surface area contributed by atoms with Gasteiger partial charge in [0.2, 0.25) is 5.88 Å². The summed E-state index contributed by atoms with van der Waals surface area (Å²) in [6, 6.07) is 13.3. The van der Waals surface area contributed by atoms with Crippen LogP contribution < -0.4 is 4.74 Å². The van der Waals surface area contributed by atoms with Gasteiger partial charge >= 0.3 is 0 Å². The molecule has 0 unspecified atom stereocenters. The smallest absolute Gasteiger partial charge is 0.219 e. The van der Waals surface area contributed by atoms with E-state index < -0.39 is 5.82 Å². The molecule has 0 aliphatic rings. The molecule has 0 bridgehead atoms. The summed E-state index contributed by atoms with van der Waals surface area (Å²) in [5.74, 6) is -0.00710. The van der Waals surface area contributed by atoms with Gasteiger partial charge in [-0.3, -0.25) is 0 Å². The van der Waals surface area contributed by atoms with Crippen molar-refractivity contribution in [1.29, 1.82) is 0 Å². The second-order valence-corrected chi connectivity index (χ2v) is 6.15. The molecule has 24 heavy (non-hydrogen) atoms. The number of hydrogen-bond acceptors (Lipinski definition) is 3. The standard InChI is InChI=1S/C11H7BrFNO.C6H4BrFO/c12-9-5-4-8(13)7-10(9)15-11-3-1-2-6-14-11;7-5-2-1-4(8)3-6(5)9/h1-7H;1-3,9H. The predicted octanol–water partition coefficient (Wildman–Crippen LogP) is 6.07. The lowest BCUT2D eigenvalue weighted by Crippen LogP contribution is -1.88. The highest BCUT2D eigenvalue weighted by molar-refractivity contribution is 9.10. The van der Waals surface area contributed by atoms with Crippen molar-refractivity contribution in [1.82, 2.24) is 4.98 Å². The molecule has 0 saturated carbocycles. The van der Waals surface area contributed by atoms with Crippen molar-refractivity contribution in [3.8, 4) is 17.4 Å². The van der Waals surface area contributed by atoms with Crippen molar-refractivity contribution in [3.05, 3.63) is 81.4 Å². The van der Waals surface area contributed by atoms with Crippen molar-refractivity contribution in [2.75, 3.05) is 0 Å². The SMILES string of the molecule is Fc1ccc(Br)c(Oc2ccccn2)c1.Oc1cc(F)ccc1Br. The first-order valence-electron chi connectivity index (χ1n) is 6.63. The van der Waals surface area contributed by atoms with Gasteiger partial charge in [-0.1, -0.05) is 6.07 Å². The number of phenolic OH excluding ortho intramolecular Hbond substituents is 1. The Morgan fingerprint density at radius 1 is 0.875 bits per heavy atom. The second-order valence-electron chi connectivity index (χ2n) is 4.44. The van der Waals surface area contributed by atoms with E-state index in [9.17, 15) is 8.78 Å². The first-order chi connectivity index (χ1) is 11.5. The molecule has 0 spiro atoms. The Labute approximate surface area is 154 Å². The van der Waals surface area contributed by atoms with Crippen LogP contribution in [-0.4, -0.2) is 10.1 Å².